The molecule has 0 saturated carbocycles. The highest BCUT2D eigenvalue weighted by molar-refractivity contribution is 6.41. The molecule has 1 aliphatic rings. The number of aromatic nitrogens is 2. The Labute approximate surface area is 160 Å². The van der Waals surface area contributed by atoms with Gasteiger partial charge in [0.1, 0.15) is 23.2 Å². The van der Waals surface area contributed by atoms with Crippen molar-refractivity contribution in [3.05, 3.63) is 41.5 Å². The summed E-state index contributed by atoms with van der Waals surface area (Å²) < 4.78 is 5.67. The van der Waals surface area contributed by atoms with E-state index in [1.807, 2.05) is 0 Å². The van der Waals surface area contributed by atoms with Gasteiger partial charge < -0.3 is 34.9 Å². The van der Waals surface area contributed by atoms with Crippen LogP contribution in [0, 0.1) is 0 Å². The Kier molecular flexibility index (Phi) is 5.86. The monoisotopic (exact) mass is 389 g/mol. The van der Waals surface area contributed by atoms with Gasteiger partial charge in [-0.3, -0.25) is 4.79 Å². The average Bonchev–Trinajstić information content (AvgIpc) is 3.09. The molecule has 0 aliphatic carbocycles. The molecule has 11 heteroatoms. The van der Waals surface area contributed by atoms with Crippen molar-refractivity contribution in [2.45, 2.75) is 25.3 Å². The Hall–Kier alpha value is -3.05. The van der Waals surface area contributed by atoms with Crippen molar-refractivity contribution >= 4 is 19.0 Å². The first-order chi connectivity index (χ1) is 13.3. The minimum atomic E-state index is -1.55. The first kappa shape index (κ1) is 19.7. The van der Waals surface area contributed by atoms with E-state index in [1.54, 1.807) is 11.1 Å². The number of imidazole rings is 1. The van der Waals surface area contributed by atoms with Crippen molar-refractivity contribution in [2.24, 2.45) is 0 Å². The number of phenols is 1. The number of nitrogens with zero attached hydrogens (tertiary/aromatic N) is 2. The van der Waals surface area contributed by atoms with E-state index in [2.05, 4.69) is 9.97 Å². The van der Waals surface area contributed by atoms with Crippen LogP contribution in [0.25, 0.3) is 0 Å². The van der Waals surface area contributed by atoms with E-state index in [0.29, 0.717) is 18.8 Å². The molecule has 3 rings (SSSR count). The van der Waals surface area contributed by atoms with Gasteiger partial charge in [0, 0.05) is 11.9 Å². The lowest BCUT2D eigenvalue weighted by atomic mass is 9.82. The molecule has 5 N–H and O–H groups in total. The zero-order valence-corrected chi connectivity index (χ0v) is 14.9. The number of aromatic carboxylic acids is 1. The molecule has 148 valence electrons. The first-order valence-electron chi connectivity index (χ1n) is 8.71. The molecule has 0 bridgehead atoms. The predicted octanol–water partition coefficient (Wildman–Crippen LogP) is -0.339. The van der Waals surface area contributed by atoms with Crippen molar-refractivity contribution < 1.29 is 34.6 Å². The van der Waals surface area contributed by atoms with Crippen LogP contribution in [0.5, 0.6) is 11.5 Å². The minimum Gasteiger partial charge on any atom is -0.507 e. The number of carboxylic acid groups (broad SMARTS) is 1. The Morgan fingerprint density at radius 1 is 1.32 bits per heavy atom. The highest BCUT2D eigenvalue weighted by Crippen LogP contribution is 2.34. The number of nitrogens with one attached hydrogen (secondary N) is 1. The van der Waals surface area contributed by atoms with E-state index in [-0.39, 0.29) is 48.0 Å². The van der Waals surface area contributed by atoms with Crippen molar-refractivity contribution in [2.75, 3.05) is 13.1 Å². The van der Waals surface area contributed by atoms with E-state index < -0.39 is 18.8 Å². The van der Waals surface area contributed by atoms with Crippen LogP contribution in [0.3, 0.4) is 0 Å². The molecule has 28 heavy (non-hydrogen) atoms. The number of benzene rings is 1. The SMILES string of the molecule is O=C(O)c1c(OC2CN(C(=O)Cc3cnc[nH]3)C2)ccc(CCB(O)O)c1O. The molecular formula is C17H20BN3O7. The van der Waals surface area contributed by atoms with E-state index in [1.165, 1.54) is 18.5 Å². The second-order valence-electron chi connectivity index (χ2n) is 6.56. The summed E-state index contributed by atoms with van der Waals surface area (Å²) in [6.45, 7) is 0.622. The van der Waals surface area contributed by atoms with Gasteiger partial charge in [0.15, 0.2) is 0 Å². The molecule has 1 aromatic carbocycles. The number of aryl methyl sites for hydroxylation is 1. The van der Waals surface area contributed by atoms with Crippen LogP contribution >= 0.6 is 0 Å². The summed E-state index contributed by atoms with van der Waals surface area (Å²) in [5.41, 5.74) is 0.603. The number of amides is 1. The lowest BCUT2D eigenvalue weighted by Crippen LogP contribution is -2.56. The average molecular weight is 389 g/mol. The van der Waals surface area contributed by atoms with Crippen LogP contribution in [0.15, 0.2) is 24.7 Å². The number of rotatable bonds is 8. The van der Waals surface area contributed by atoms with Crippen LogP contribution in [-0.2, 0) is 17.6 Å². The fourth-order valence-corrected chi connectivity index (χ4v) is 2.96. The number of carboxylic acids is 1. The Balaban J connectivity index is 1.62. The maximum atomic E-state index is 12.1. The lowest BCUT2D eigenvalue weighted by Gasteiger charge is -2.39. The number of hydrogen-bond donors (Lipinski definition) is 5. The number of carbonyl (C=O) groups excluding carboxylic acids is 1. The Bertz CT molecular complexity index is 851. The minimum absolute atomic E-state index is 0.00367. The molecule has 1 aromatic heterocycles. The van der Waals surface area contributed by atoms with Crippen LogP contribution in [0.4, 0.5) is 0 Å². The van der Waals surface area contributed by atoms with Gasteiger partial charge in [-0.1, -0.05) is 6.07 Å². The smallest absolute Gasteiger partial charge is 0.451 e. The topological polar surface area (TPSA) is 156 Å². The molecule has 0 spiro atoms. The molecular weight excluding hydrogens is 369 g/mol. The fourth-order valence-electron chi connectivity index (χ4n) is 2.96. The number of likely N-dealkylation sites (tertiary alicyclic amines) is 1. The molecule has 1 amide bonds. The van der Waals surface area contributed by atoms with Gasteiger partial charge in [0.25, 0.3) is 0 Å². The summed E-state index contributed by atoms with van der Waals surface area (Å²) in [5.74, 6) is -1.91. The third kappa shape index (κ3) is 4.43. The highest BCUT2D eigenvalue weighted by atomic mass is 16.5. The molecule has 1 fully saturated rings. The zero-order valence-electron chi connectivity index (χ0n) is 14.9. The summed E-state index contributed by atoms with van der Waals surface area (Å²) in [5, 5.41) is 37.5. The van der Waals surface area contributed by atoms with Gasteiger partial charge in [-0.2, -0.15) is 0 Å². The second kappa shape index (κ2) is 8.32. The second-order valence-corrected chi connectivity index (χ2v) is 6.56. The number of hydrogen-bond acceptors (Lipinski definition) is 7. The Morgan fingerprint density at radius 2 is 2.07 bits per heavy atom. The van der Waals surface area contributed by atoms with Crippen LogP contribution in [-0.4, -0.2) is 73.3 Å². The summed E-state index contributed by atoms with van der Waals surface area (Å²) in [6.07, 6.45) is 2.94. The largest absolute Gasteiger partial charge is 0.507 e. The summed E-state index contributed by atoms with van der Waals surface area (Å²) in [6, 6.07) is 2.91. The number of H-pyrrole nitrogens is 1. The van der Waals surface area contributed by atoms with Gasteiger partial charge in [-0.15, -0.1) is 0 Å². The Morgan fingerprint density at radius 3 is 2.68 bits per heavy atom. The van der Waals surface area contributed by atoms with Gasteiger partial charge in [-0.25, -0.2) is 9.78 Å². The third-order valence-electron chi connectivity index (χ3n) is 4.50. The van der Waals surface area contributed by atoms with Gasteiger partial charge in [-0.05, 0) is 24.4 Å². The van der Waals surface area contributed by atoms with Gasteiger partial charge >= 0.3 is 13.1 Å². The fraction of sp³-hybridized carbons (Fsp3) is 0.353. The van der Waals surface area contributed by atoms with Crippen molar-refractivity contribution in [3.63, 3.8) is 0 Å². The molecule has 0 unspecified atom stereocenters. The summed E-state index contributed by atoms with van der Waals surface area (Å²) >= 11 is 0. The molecule has 2 aromatic rings. The molecule has 1 aliphatic heterocycles. The van der Waals surface area contributed by atoms with Crippen LogP contribution in [0.2, 0.25) is 6.32 Å². The molecule has 10 nitrogen and oxygen atoms in total. The molecule has 0 atom stereocenters. The van der Waals surface area contributed by atoms with Crippen molar-refractivity contribution in [1.82, 2.24) is 14.9 Å². The van der Waals surface area contributed by atoms with Crippen LogP contribution in [0.1, 0.15) is 21.6 Å². The number of ether oxygens (including phenoxy) is 1. The van der Waals surface area contributed by atoms with Crippen LogP contribution < -0.4 is 4.74 Å². The predicted molar refractivity (Wildman–Crippen MR) is 97.1 cm³/mol. The van der Waals surface area contributed by atoms with Gasteiger partial charge in [0.05, 0.1) is 25.8 Å². The standard InChI is InChI=1S/C17H20BN3O7/c22-14(5-11-6-19-9-20-11)21-7-12(8-21)28-13-2-1-10(3-4-18(26)27)16(23)15(13)17(24)25/h1-2,6,9,12,23,26-27H,3-5,7-8H2,(H,19,20)(H,24,25). The molecule has 0 radical (unpaired) electrons. The number of carbonyl (C=O) groups is 2. The quantitative estimate of drug-likeness (QED) is 0.384. The third-order valence-corrected chi connectivity index (χ3v) is 4.50. The normalized spacial score (nSPS) is 13.9. The van der Waals surface area contributed by atoms with E-state index in [9.17, 15) is 19.8 Å². The molecule has 2 heterocycles. The maximum absolute atomic E-state index is 12.1. The summed E-state index contributed by atoms with van der Waals surface area (Å²) in [7, 11) is -1.55. The maximum Gasteiger partial charge on any atom is 0.451 e. The van der Waals surface area contributed by atoms with E-state index >= 15 is 0 Å². The zero-order chi connectivity index (χ0) is 20.3. The lowest BCUT2D eigenvalue weighted by molar-refractivity contribution is -0.139. The van der Waals surface area contributed by atoms with E-state index in [4.69, 9.17) is 14.8 Å². The number of aromatic amines is 1. The van der Waals surface area contributed by atoms with Crippen molar-refractivity contribution in [1.29, 1.82) is 0 Å². The summed E-state index contributed by atoms with van der Waals surface area (Å²) in [4.78, 5) is 32.0. The first-order valence-corrected chi connectivity index (χ1v) is 8.71. The van der Waals surface area contributed by atoms with E-state index in [0.717, 1.165) is 0 Å². The highest BCUT2D eigenvalue weighted by Gasteiger charge is 2.33. The van der Waals surface area contributed by atoms with Gasteiger partial charge in [0.2, 0.25) is 5.91 Å². The number of aromatic hydroxyl groups is 1. The van der Waals surface area contributed by atoms with Crippen molar-refractivity contribution in [3.8, 4) is 11.5 Å². The molecule has 1 saturated heterocycles.